The Labute approximate surface area is 97.9 Å². The summed E-state index contributed by atoms with van der Waals surface area (Å²) in [6.45, 7) is 11.2. The zero-order valence-electron chi connectivity index (χ0n) is 10.5. The van der Waals surface area contributed by atoms with Crippen molar-refractivity contribution in [2.75, 3.05) is 0 Å². The third kappa shape index (κ3) is 4.35. The molecule has 1 aromatic rings. The van der Waals surface area contributed by atoms with Crippen molar-refractivity contribution < 1.29 is 0 Å². The van der Waals surface area contributed by atoms with E-state index in [9.17, 15) is 0 Å². The molecular formula is C13H23NS. The van der Waals surface area contributed by atoms with Crippen LogP contribution in [0.2, 0.25) is 0 Å². The minimum Gasteiger partial charge on any atom is -0.307 e. The molecule has 0 amide bonds. The van der Waals surface area contributed by atoms with Gasteiger partial charge in [-0.2, -0.15) is 0 Å². The predicted octanol–water partition coefficient (Wildman–Crippen LogP) is 4.14. The van der Waals surface area contributed by atoms with Crippen LogP contribution in [-0.4, -0.2) is 6.04 Å². The molecule has 0 bridgehead atoms. The second-order valence-corrected chi connectivity index (χ2v) is 6.19. The second-order valence-electron chi connectivity index (χ2n) is 4.87. The molecule has 0 spiro atoms. The maximum atomic E-state index is 3.65. The van der Waals surface area contributed by atoms with Crippen LogP contribution < -0.4 is 5.32 Å². The van der Waals surface area contributed by atoms with Gasteiger partial charge < -0.3 is 5.32 Å². The van der Waals surface area contributed by atoms with E-state index in [4.69, 9.17) is 0 Å². The van der Waals surface area contributed by atoms with Crippen molar-refractivity contribution in [1.82, 2.24) is 5.32 Å². The summed E-state index contributed by atoms with van der Waals surface area (Å²) < 4.78 is 0. The predicted molar refractivity (Wildman–Crippen MR) is 69.5 cm³/mol. The fraction of sp³-hybridized carbons (Fsp3) is 0.692. The van der Waals surface area contributed by atoms with E-state index in [1.807, 2.05) is 11.3 Å². The average molecular weight is 225 g/mol. The molecule has 0 saturated carbocycles. The first kappa shape index (κ1) is 12.7. The van der Waals surface area contributed by atoms with Crippen molar-refractivity contribution in [2.24, 2.45) is 5.92 Å². The Morgan fingerprint density at radius 1 is 1.20 bits per heavy atom. The van der Waals surface area contributed by atoms with Crippen LogP contribution in [0.25, 0.3) is 0 Å². The number of thiophene rings is 1. The van der Waals surface area contributed by atoms with Gasteiger partial charge in [-0.25, -0.2) is 0 Å². The lowest BCUT2D eigenvalue weighted by Crippen LogP contribution is -2.29. The zero-order valence-corrected chi connectivity index (χ0v) is 11.3. The lowest BCUT2D eigenvalue weighted by Gasteiger charge is -2.20. The van der Waals surface area contributed by atoms with Crippen molar-refractivity contribution in [3.05, 3.63) is 21.9 Å². The summed E-state index contributed by atoms with van der Waals surface area (Å²) in [7, 11) is 0. The maximum absolute atomic E-state index is 3.65. The van der Waals surface area contributed by atoms with E-state index in [0.717, 1.165) is 5.92 Å². The minimum atomic E-state index is 0.484. The monoisotopic (exact) mass is 225 g/mol. The summed E-state index contributed by atoms with van der Waals surface area (Å²) in [6, 6.07) is 5.52. The number of nitrogens with one attached hydrogen (secondary N) is 1. The summed E-state index contributed by atoms with van der Waals surface area (Å²) in [6.07, 6.45) is 1.24. The zero-order chi connectivity index (χ0) is 11.4. The molecule has 0 aliphatic rings. The van der Waals surface area contributed by atoms with E-state index in [0.29, 0.717) is 12.1 Å². The van der Waals surface area contributed by atoms with Gasteiger partial charge in [-0.3, -0.25) is 0 Å². The molecule has 1 N–H and O–H groups in total. The summed E-state index contributed by atoms with van der Waals surface area (Å²) >= 11 is 1.89. The molecule has 0 fully saturated rings. The lowest BCUT2D eigenvalue weighted by molar-refractivity contribution is 0.409. The van der Waals surface area contributed by atoms with Gasteiger partial charge in [0.25, 0.3) is 0 Å². The molecule has 0 aliphatic heterocycles. The smallest absolute Gasteiger partial charge is 0.0388 e. The highest BCUT2D eigenvalue weighted by Gasteiger charge is 2.11. The van der Waals surface area contributed by atoms with Crippen LogP contribution in [0.4, 0.5) is 0 Å². The maximum Gasteiger partial charge on any atom is 0.0388 e. The van der Waals surface area contributed by atoms with Gasteiger partial charge in [0.05, 0.1) is 0 Å². The molecule has 1 rings (SSSR count). The molecule has 86 valence electrons. The Morgan fingerprint density at radius 2 is 1.87 bits per heavy atom. The molecule has 0 radical (unpaired) electrons. The Bertz CT molecular complexity index is 290. The molecule has 2 heteroatoms. The number of hydrogen-bond acceptors (Lipinski definition) is 2. The molecule has 2 unspecified atom stereocenters. The van der Waals surface area contributed by atoms with E-state index in [1.54, 1.807) is 0 Å². The fourth-order valence-electron chi connectivity index (χ4n) is 1.97. The first-order valence-electron chi connectivity index (χ1n) is 5.81. The van der Waals surface area contributed by atoms with Gasteiger partial charge in [0.1, 0.15) is 0 Å². The van der Waals surface area contributed by atoms with Crippen LogP contribution in [-0.2, 0) is 0 Å². The Morgan fingerprint density at radius 3 is 2.33 bits per heavy atom. The summed E-state index contributed by atoms with van der Waals surface area (Å²) in [5.74, 6) is 0.768. The minimum absolute atomic E-state index is 0.484. The van der Waals surface area contributed by atoms with Gasteiger partial charge >= 0.3 is 0 Å². The molecule has 1 aromatic heterocycles. The highest BCUT2D eigenvalue weighted by molar-refractivity contribution is 7.12. The van der Waals surface area contributed by atoms with Crippen LogP contribution in [0.5, 0.6) is 0 Å². The third-order valence-electron chi connectivity index (χ3n) is 2.55. The Kier molecular flexibility index (Phi) is 4.81. The van der Waals surface area contributed by atoms with Gasteiger partial charge in [-0.15, -0.1) is 11.3 Å². The number of hydrogen-bond donors (Lipinski definition) is 1. The standard InChI is InChI=1S/C13H23NS/c1-9(2)8-10(3)14-12(5)13-7-6-11(4)15-13/h6-7,9-10,12,14H,8H2,1-5H3. The van der Waals surface area contributed by atoms with E-state index in [1.165, 1.54) is 16.2 Å². The van der Waals surface area contributed by atoms with Crippen LogP contribution >= 0.6 is 11.3 Å². The molecule has 1 nitrogen and oxygen atoms in total. The molecule has 0 saturated heterocycles. The molecule has 0 aliphatic carbocycles. The van der Waals surface area contributed by atoms with E-state index >= 15 is 0 Å². The van der Waals surface area contributed by atoms with Crippen molar-refractivity contribution in [2.45, 2.75) is 53.1 Å². The highest BCUT2D eigenvalue weighted by atomic mass is 32.1. The Hall–Kier alpha value is -0.340. The van der Waals surface area contributed by atoms with Gasteiger partial charge in [-0.05, 0) is 45.2 Å². The van der Waals surface area contributed by atoms with Crippen molar-refractivity contribution in [3.8, 4) is 0 Å². The first-order chi connectivity index (χ1) is 6.99. The quantitative estimate of drug-likeness (QED) is 0.794. The van der Waals surface area contributed by atoms with Crippen LogP contribution in [0, 0.1) is 12.8 Å². The van der Waals surface area contributed by atoms with Crippen molar-refractivity contribution >= 4 is 11.3 Å². The van der Waals surface area contributed by atoms with Crippen LogP contribution in [0.3, 0.4) is 0 Å². The third-order valence-corrected chi connectivity index (χ3v) is 3.73. The van der Waals surface area contributed by atoms with E-state index in [-0.39, 0.29) is 0 Å². The Balaban J connectivity index is 2.45. The molecule has 0 aromatic carbocycles. The first-order valence-corrected chi connectivity index (χ1v) is 6.63. The lowest BCUT2D eigenvalue weighted by atomic mass is 10.0. The van der Waals surface area contributed by atoms with Crippen LogP contribution in [0.1, 0.15) is 49.9 Å². The SMILES string of the molecule is Cc1ccc(C(C)NC(C)CC(C)C)s1. The average Bonchev–Trinajstić information content (AvgIpc) is 2.49. The molecule has 2 atom stereocenters. The summed E-state index contributed by atoms with van der Waals surface area (Å²) in [5, 5.41) is 3.65. The molecule has 15 heavy (non-hydrogen) atoms. The van der Waals surface area contributed by atoms with E-state index in [2.05, 4.69) is 52.1 Å². The van der Waals surface area contributed by atoms with Crippen molar-refractivity contribution in [3.63, 3.8) is 0 Å². The second kappa shape index (κ2) is 5.66. The largest absolute Gasteiger partial charge is 0.307 e. The number of aryl methyl sites for hydroxylation is 1. The number of rotatable bonds is 5. The van der Waals surface area contributed by atoms with Gasteiger partial charge in [0.2, 0.25) is 0 Å². The van der Waals surface area contributed by atoms with E-state index < -0.39 is 0 Å². The van der Waals surface area contributed by atoms with Gasteiger partial charge in [-0.1, -0.05) is 13.8 Å². The molecular weight excluding hydrogens is 202 g/mol. The normalized spacial score (nSPS) is 15.6. The highest BCUT2D eigenvalue weighted by Crippen LogP contribution is 2.23. The van der Waals surface area contributed by atoms with Crippen LogP contribution in [0.15, 0.2) is 12.1 Å². The fourth-order valence-corrected chi connectivity index (χ4v) is 2.86. The summed E-state index contributed by atoms with van der Waals surface area (Å²) in [4.78, 5) is 2.85. The summed E-state index contributed by atoms with van der Waals surface area (Å²) in [5.41, 5.74) is 0. The topological polar surface area (TPSA) is 12.0 Å². The molecule has 1 heterocycles. The van der Waals surface area contributed by atoms with Crippen molar-refractivity contribution in [1.29, 1.82) is 0 Å². The van der Waals surface area contributed by atoms with Gasteiger partial charge in [0.15, 0.2) is 0 Å². The van der Waals surface area contributed by atoms with Gasteiger partial charge in [0, 0.05) is 21.8 Å².